The van der Waals surface area contributed by atoms with E-state index >= 15 is 0 Å². The zero-order valence-corrected chi connectivity index (χ0v) is 12.5. The van der Waals surface area contributed by atoms with E-state index in [1.54, 1.807) is 6.08 Å². The minimum atomic E-state index is -1.46. The van der Waals surface area contributed by atoms with E-state index in [0.29, 0.717) is 12.1 Å². The number of halogens is 4. The fraction of sp³-hybridized carbons (Fsp3) is 0.250. The number of aliphatic imine (C=N–C) groups is 1. The van der Waals surface area contributed by atoms with Gasteiger partial charge in [0, 0.05) is 13.1 Å². The first-order valence-corrected chi connectivity index (χ1v) is 5.32. The number of nitrogens with zero attached hydrogens (tertiary/aromatic N) is 1. The molecule has 0 saturated heterocycles. The third-order valence-electron chi connectivity index (χ3n) is 2.15. The van der Waals surface area contributed by atoms with Crippen LogP contribution in [0.3, 0.4) is 0 Å². The lowest BCUT2D eigenvalue weighted by atomic mass is 10.1. The molecule has 0 radical (unpaired) electrons. The lowest BCUT2D eigenvalue weighted by molar-refractivity contribution is 0.445. The molecule has 3 nitrogen and oxygen atoms in total. The van der Waals surface area contributed by atoms with Crippen LogP contribution in [-0.2, 0) is 6.42 Å². The predicted molar refractivity (Wildman–Crippen MR) is 80.1 cm³/mol. The topological polar surface area (TPSA) is 50.4 Å². The van der Waals surface area contributed by atoms with E-state index in [9.17, 15) is 13.2 Å². The van der Waals surface area contributed by atoms with Gasteiger partial charge < -0.3 is 11.1 Å². The molecule has 0 aliphatic heterocycles. The van der Waals surface area contributed by atoms with Crippen LogP contribution in [0.1, 0.15) is 5.56 Å². The van der Waals surface area contributed by atoms with Crippen LogP contribution in [0.15, 0.2) is 29.8 Å². The fourth-order valence-corrected chi connectivity index (χ4v) is 1.29. The molecule has 0 unspecified atom stereocenters. The molecule has 0 amide bonds. The highest BCUT2D eigenvalue weighted by Gasteiger charge is 2.09. The van der Waals surface area contributed by atoms with Crippen molar-refractivity contribution in [1.29, 1.82) is 0 Å². The summed E-state index contributed by atoms with van der Waals surface area (Å²) in [6.07, 6.45) is 1.89. The van der Waals surface area contributed by atoms with Gasteiger partial charge in [0.05, 0.1) is 0 Å². The van der Waals surface area contributed by atoms with Gasteiger partial charge in [-0.1, -0.05) is 6.08 Å². The van der Waals surface area contributed by atoms with Crippen molar-refractivity contribution in [2.75, 3.05) is 13.1 Å². The Kier molecular flexibility index (Phi) is 8.21. The van der Waals surface area contributed by atoms with E-state index in [2.05, 4.69) is 16.9 Å². The number of guanidine groups is 1. The number of hydrogen-bond donors (Lipinski definition) is 2. The quantitative estimate of drug-likeness (QED) is 0.269. The molecule has 0 saturated carbocycles. The molecule has 0 spiro atoms. The molecule has 106 valence electrons. The average Bonchev–Trinajstić information content (AvgIpc) is 2.33. The van der Waals surface area contributed by atoms with Gasteiger partial charge in [-0.2, -0.15) is 0 Å². The van der Waals surface area contributed by atoms with Gasteiger partial charge in [-0.15, -0.1) is 30.6 Å². The molecule has 0 aromatic heterocycles. The van der Waals surface area contributed by atoms with Crippen molar-refractivity contribution >= 4 is 29.9 Å². The number of hydrogen-bond acceptors (Lipinski definition) is 1. The summed E-state index contributed by atoms with van der Waals surface area (Å²) in [5.74, 6) is -3.65. The number of nitrogens with two attached hydrogens (primary N) is 1. The third-order valence-corrected chi connectivity index (χ3v) is 2.15. The Labute approximate surface area is 126 Å². The Hall–Kier alpha value is -1.25. The molecular formula is C12H15F3IN3. The maximum absolute atomic E-state index is 12.9. The number of nitrogens with one attached hydrogen (secondary N) is 1. The maximum Gasteiger partial charge on any atom is 0.194 e. The Morgan fingerprint density at radius 2 is 1.89 bits per heavy atom. The van der Waals surface area contributed by atoms with Crippen LogP contribution in [0.2, 0.25) is 0 Å². The average molecular weight is 385 g/mol. The summed E-state index contributed by atoms with van der Waals surface area (Å²) in [7, 11) is 0. The van der Waals surface area contributed by atoms with Gasteiger partial charge in [-0.05, 0) is 24.1 Å². The Morgan fingerprint density at radius 1 is 1.32 bits per heavy atom. The van der Waals surface area contributed by atoms with Crippen LogP contribution in [0.25, 0.3) is 0 Å². The van der Waals surface area contributed by atoms with Crippen molar-refractivity contribution in [2.24, 2.45) is 10.7 Å². The summed E-state index contributed by atoms with van der Waals surface area (Å²) < 4.78 is 38.5. The molecule has 0 aliphatic carbocycles. The zero-order chi connectivity index (χ0) is 13.5. The molecule has 0 heterocycles. The van der Waals surface area contributed by atoms with Gasteiger partial charge in [0.15, 0.2) is 23.4 Å². The smallest absolute Gasteiger partial charge is 0.194 e. The first-order chi connectivity index (χ1) is 8.54. The number of benzene rings is 1. The van der Waals surface area contributed by atoms with Gasteiger partial charge in [0.1, 0.15) is 0 Å². The van der Waals surface area contributed by atoms with E-state index in [-0.39, 0.29) is 42.9 Å². The van der Waals surface area contributed by atoms with Crippen LogP contribution in [0.4, 0.5) is 13.2 Å². The van der Waals surface area contributed by atoms with Crippen LogP contribution in [-0.4, -0.2) is 19.0 Å². The van der Waals surface area contributed by atoms with Crippen molar-refractivity contribution in [3.63, 3.8) is 0 Å². The summed E-state index contributed by atoms with van der Waals surface area (Å²) in [6, 6.07) is 1.89. The third kappa shape index (κ3) is 5.95. The summed E-state index contributed by atoms with van der Waals surface area (Å²) in [5, 5.41) is 2.75. The molecule has 0 bridgehead atoms. The molecule has 3 N–H and O–H groups in total. The van der Waals surface area contributed by atoms with E-state index in [1.165, 1.54) is 0 Å². The highest BCUT2D eigenvalue weighted by atomic mass is 127. The second-order valence-corrected chi connectivity index (χ2v) is 3.56. The van der Waals surface area contributed by atoms with E-state index in [1.807, 2.05) is 0 Å². The first-order valence-electron chi connectivity index (χ1n) is 5.32. The molecule has 1 aromatic rings. The Morgan fingerprint density at radius 3 is 2.42 bits per heavy atom. The fourth-order valence-electron chi connectivity index (χ4n) is 1.29. The van der Waals surface area contributed by atoms with Gasteiger partial charge in [0.25, 0.3) is 0 Å². The maximum atomic E-state index is 12.9. The standard InChI is InChI=1S/C12H14F3N3.HI/c1-2-4-17-12(16)18-5-3-8-6-9(13)11(15)10(14)7-8;/h2,6-7H,1,3-5H2,(H3,16,17,18);1H. The molecule has 0 fully saturated rings. The van der Waals surface area contributed by atoms with Gasteiger partial charge in [-0.25, -0.2) is 13.2 Å². The van der Waals surface area contributed by atoms with Crippen molar-refractivity contribution < 1.29 is 13.2 Å². The second-order valence-electron chi connectivity index (χ2n) is 3.56. The summed E-state index contributed by atoms with van der Waals surface area (Å²) in [5.41, 5.74) is 5.82. The van der Waals surface area contributed by atoms with Crippen LogP contribution >= 0.6 is 24.0 Å². The Bertz CT molecular complexity index is 441. The molecular weight excluding hydrogens is 370 g/mol. The minimum absolute atomic E-state index is 0. The largest absolute Gasteiger partial charge is 0.370 e. The van der Waals surface area contributed by atoms with E-state index in [4.69, 9.17) is 5.73 Å². The SMILES string of the molecule is C=CCNC(N)=NCCc1cc(F)c(F)c(F)c1.I. The molecule has 1 rings (SSSR count). The predicted octanol–water partition coefficient (Wildman–Crippen LogP) is 2.35. The highest BCUT2D eigenvalue weighted by molar-refractivity contribution is 14.0. The molecule has 1 aromatic carbocycles. The van der Waals surface area contributed by atoms with Crippen molar-refractivity contribution in [3.8, 4) is 0 Å². The highest BCUT2D eigenvalue weighted by Crippen LogP contribution is 2.13. The molecule has 0 aliphatic rings. The summed E-state index contributed by atoms with van der Waals surface area (Å²) >= 11 is 0. The van der Waals surface area contributed by atoms with E-state index < -0.39 is 17.5 Å². The second kappa shape index (κ2) is 8.78. The van der Waals surface area contributed by atoms with Crippen LogP contribution < -0.4 is 11.1 Å². The van der Waals surface area contributed by atoms with Crippen molar-refractivity contribution in [2.45, 2.75) is 6.42 Å². The van der Waals surface area contributed by atoms with Crippen molar-refractivity contribution in [1.82, 2.24) is 5.32 Å². The van der Waals surface area contributed by atoms with Gasteiger partial charge in [-0.3, -0.25) is 4.99 Å². The normalized spacial score (nSPS) is 10.8. The summed E-state index contributed by atoms with van der Waals surface area (Å²) in [6.45, 7) is 4.23. The number of rotatable bonds is 5. The Balaban J connectivity index is 0.00000324. The van der Waals surface area contributed by atoms with Crippen LogP contribution in [0, 0.1) is 17.5 Å². The van der Waals surface area contributed by atoms with Gasteiger partial charge >= 0.3 is 0 Å². The van der Waals surface area contributed by atoms with E-state index in [0.717, 1.165) is 12.1 Å². The van der Waals surface area contributed by atoms with Crippen molar-refractivity contribution in [3.05, 3.63) is 47.8 Å². The molecule has 0 atom stereocenters. The minimum Gasteiger partial charge on any atom is -0.370 e. The monoisotopic (exact) mass is 385 g/mol. The summed E-state index contributed by atoms with van der Waals surface area (Å²) in [4.78, 5) is 3.94. The zero-order valence-electron chi connectivity index (χ0n) is 10.1. The van der Waals surface area contributed by atoms with Gasteiger partial charge in [0.2, 0.25) is 0 Å². The lowest BCUT2D eigenvalue weighted by Gasteiger charge is -2.03. The molecule has 7 heteroatoms. The van der Waals surface area contributed by atoms with Crippen LogP contribution in [0.5, 0.6) is 0 Å². The first kappa shape index (κ1) is 17.8. The lowest BCUT2D eigenvalue weighted by Crippen LogP contribution is -2.31. The molecule has 19 heavy (non-hydrogen) atoms.